The molecule has 3 atom stereocenters. The van der Waals surface area contributed by atoms with Crippen molar-refractivity contribution < 1.29 is 55.1 Å². The summed E-state index contributed by atoms with van der Waals surface area (Å²) in [5.41, 5.74) is 21.8. The Balaban J connectivity index is 0.00000101. The van der Waals surface area contributed by atoms with Gasteiger partial charge in [0.25, 0.3) is 0 Å². The van der Waals surface area contributed by atoms with Gasteiger partial charge in [0.15, 0.2) is 5.96 Å². The van der Waals surface area contributed by atoms with Crippen LogP contribution in [0.25, 0.3) is 0 Å². The second-order valence-corrected chi connectivity index (χ2v) is 14.0. The molecule has 1 heterocycles. The zero-order chi connectivity index (χ0) is 35.7. The third kappa shape index (κ3) is 16.7. The van der Waals surface area contributed by atoms with Crippen LogP contribution >= 0.6 is 30.6 Å². The number of rotatable bonds is 11. The van der Waals surface area contributed by atoms with Gasteiger partial charge in [-0.05, 0) is 48.9 Å². The van der Waals surface area contributed by atoms with Crippen molar-refractivity contribution in [2.45, 2.75) is 37.6 Å². The Bertz CT molecular complexity index is 1600. The summed E-state index contributed by atoms with van der Waals surface area (Å²) in [6.45, 7) is 0.258. The van der Waals surface area contributed by atoms with Crippen LogP contribution < -0.4 is 52.5 Å². The van der Waals surface area contributed by atoms with E-state index in [1.165, 1.54) is 16.7 Å². The van der Waals surface area contributed by atoms with Crippen LogP contribution in [0, 0.1) is 5.41 Å². The van der Waals surface area contributed by atoms with Gasteiger partial charge in [0.05, 0.1) is 16.3 Å². The fourth-order valence-electron chi connectivity index (χ4n) is 4.81. The maximum atomic E-state index is 12.7. The molecule has 1 fully saturated rings. The fraction of sp³-hybridized carbons (Fsp3) is 0.281. The molecule has 4 rings (SSSR count). The molecule has 0 aliphatic carbocycles. The van der Waals surface area contributed by atoms with Gasteiger partial charge in [-0.1, -0.05) is 89.9 Å². The maximum Gasteiger partial charge on any atom is 1.00 e. The summed E-state index contributed by atoms with van der Waals surface area (Å²) in [7, 11) is -3.65. The van der Waals surface area contributed by atoms with Gasteiger partial charge in [0.2, 0.25) is 19.2 Å². The minimum Gasteiger partial charge on any atom is -1.00 e. The van der Waals surface area contributed by atoms with Crippen molar-refractivity contribution in [3.63, 3.8) is 0 Å². The first kappa shape index (κ1) is 43.6. The minimum atomic E-state index is -3.65. The molecule has 0 spiro atoms. The SMILES string of the molecule is N=C(N)N.NC(N)=N/N=C/c1c(Cl)cccc1Cl.O=C(O)C1CC(c2ccccc2)CN1C(=O)CP(=O)(O)CCCCc1ccccc1.[H-].[Na+]. The minimum absolute atomic E-state index is 0. The number of carboxylic acids is 1. The molecule has 17 heteroatoms. The molecular weight excluding hydrogens is 701 g/mol. The first-order valence-electron chi connectivity index (χ1n) is 14.8. The first-order chi connectivity index (χ1) is 22.7. The van der Waals surface area contributed by atoms with Crippen LogP contribution in [0.5, 0.6) is 0 Å². The number of aliphatic carboxylic acids is 1. The second kappa shape index (κ2) is 22.3. The van der Waals surface area contributed by atoms with Crippen molar-refractivity contribution in [2.24, 2.45) is 33.1 Å². The van der Waals surface area contributed by atoms with Crippen molar-refractivity contribution in [1.29, 1.82) is 5.41 Å². The van der Waals surface area contributed by atoms with Gasteiger partial charge in [-0.2, -0.15) is 5.10 Å². The Kier molecular flexibility index (Phi) is 19.9. The van der Waals surface area contributed by atoms with Crippen LogP contribution in [0.15, 0.2) is 89.1 Å². The summed E-state index contributed by atoms with van der Waals surface area (Å²) in [6.07, 6.45) is 3.41. The number of carbonyl (C=O) groups is 2. The van der Waals surface area contributed by atoms with Gasteiger partial charge < -0.3 is 39.3 Å². The van der Waals surface area contributed by atoms with Gasteiger partial charge in [0.1, 0.15) is 12.2 Å². The van der Waals surface area contributed by atoms with E-state index in [4.69, 9.17) is 40.1 Å². The number of likely N-dealkylation sites (tertiary alicyclic amines) is 1. The van der Waals surface area contributed by atoms with Gasteiger partial charge >= 0.3 is 35.5 Å². The predicted octanol–water partition coefficient (Wildman–Crippen LogP) is 1.30. The number of amides is 1. The molecule has 3 aromatic rings. The molecule has 0 bridgehead atoms. The number of nitrogens with one attached hydrogen (secondary N) is 1. The largest absolute Gasteiger partial charge is 1.00 e. The number of hydrogen-bond acceptors (Lipinski definition) is 6. The molecule has 0 aromatic heterocycles. The van der Waals surface area contributed by atoms with E-state index in [0.717, 1.165) is 18.4 Å². The van der Waals surface area contributed by atoms with E-state index in [1.54, 1.807) is 18.2 Å². The zero-order valence-corrected chi connectivity index (χ0v) is 31.6. The quantitative estimate of drug-likeness (QED) is 0.0373. The number of nitrogens with two attached hydrogens (primary N) is 4. The smallest absolute Gasteiger partial charge is 1.00 e. The number of halogens is 2. The van der Waals surface area contributed by atoms with E-state index in [2.05, 4.69) is 21.7 Å². The van der Waals surface area contributed by atoms with Crippen molar-refractivity contribution in [3.8, 4) is 0 Å². The van der Waals surface area contributed by atoms with Crippen molar-refractivity contribution >= 4 is 60.6 Å². The van der Waals surface area contributed by atoms with E-state index in [0.29, 0.717) is 28.5 Å². The molecule has 1 aliphatic rings. The zero-order valence-electron chi connectivity index (χ0n) is 28.2. The summed E-state index contributed by atoms with van der Waals surface area (Å²) in [5, 5.41) is 23.6. The Morgan fingerprint density at radius 1 is 0.959 bits per heavy atom. The number of nitrogens with zero attached hydrogens (tertiary/aromatic N) is 3. The van der Waals surface area contributed by atoms with Crippen LogP contribution in [-0.4, -0.2) is 69.8 Å². The average molecular weight is 744 g/mol. The standard InChI is InChI=1S/C23H28NO5P.C8H8Cl2N4.CH5N3.Na.H/c25-22(17-30(28,29)14-8-7-11-18-9-3-1-4-10-18)24-16-20(15-21(24)23(26)27)19-12-5-2-6-13-19;9-6-2-1-3-7(10)5(6)4-13-14-8(11)12;2-1(3)4;;/h1-6,9-10,12-13,20-21H,7-8,11,14-17H2,(H,26,27)(H,28,29);1-4H,(H4,11,12,14);(H5,2,3,4);;/q;;;+1;-1/b;13-4+;;;. The number of aryl methyl sites for hydroxylation is 1. The van der Waals surface area contributed by atoms with E-state index in [9.17, 15) is 24.2 Å². The maximum absolute atomic E-state index is 12.7. The number of hydrogen-bond donors (Lipinski definition) is 7. The van der Waals surface area contributed by atoms with E-state index in [1.807, 2.05) is 60.7 Å². The molecule has 1 aliphatic heterocycles. The van der Waals surface area contributed by atoms with Gasteiger partial charge in [-0.25, -0.2) is 4.79 Å². The summed E-state index contributed by atoms with van der Waals surface area (Å²) >= 11 is 11.7. The molecule has 49 heavy (non-hydrogen) atoms. The van der Waals surface area contributed by atoms with Crippen LogP contribution in [-0.2, 0) is 20.6 Å². The molecule has 3 unspecified atom stereocenters. The summed E-state index contributed by atoms with van der Waals surface area (Å²) in [6, 6.07) is 23.6. The number of carbonyl (C=O) groups excluding carboxylic acids is 1. The van der Waals surface area contributed by atoms with Gasteiger partial charge in [-0.15, -0.1) is 5.10 Å². The van der Waals surface area contributed by atoms with E-state index >= 15 is 0 Å². The van der Waals surface area contributed by atoms with Gasteiger partial charge in [-0.3, -0.25) is 14.8 Å². The van der Waals surface area contributed by atoms with Crippen molar-refractivity contribution in [1.82, 2.24) is 4.90 Å². The van der Waals surface area contributed by atoms with Crippen LogP contribution in [0.2, 0.25) is 10.0 Å². The summed E-state index contributed by atoms with van der Waals surface area (Å²) in [5.74, 6) is -2.16. The van der Waals surface area contributed by atoms with E-state index < -0.39 is 31.4 Å². The molecule has 1 amide bonds. The van der Waals surface area contributed by atoms with Crippen LogP contribution in [0.1, 0.15) is 43.3 Å². The molecular formula is C32H42Cl2N8NaO5P. The molecule has 11 N–H and O–H groups in total. The van der Waals surface area contributed by atoms with Crippen molar-refractivity contribution in [2.75, 3.05) is 18.9 Å². The third-order valence-corrected chi connectivity index (χ3v) is 9.42. The molecule has 0 saturated carbocycles. The predicted molar refractivity (Wildman–Crippen MR) is 193 cm³/mol. The average Bonchev–Trinajstić information content (AvgIpc) is 3.48. The monoisotopic (exact) mass is 742 g/mol. The number of guanidine groups is 2. The number of benzene rings is 3. The Hall–Kier alpha value is -3.42. The fourth-order valence-corrected chi connectivity index (χ4v) is 6.79. The third-order valence-electron chi connectivity index (χ3n) is 6.99. The topological polar surface area (TPSA) is 248 Å². The molecule has 3 aromatic carbocycles. The van der Waals surface area contributed by atoms with E-state index in [-0.39, 0.29) is 61.5 Å². The molecule has 1 saturated heterocycles. The van der Waals surface area contributed by atoms with Crippen molar-refractivity contribution in [3.05, 3.63) is 106 Å². The second-order valence-electron chi connectivity index (χ2n) is 10.8. The van der Waals surface area contributed by atoms with Crippen LogP contribution in [0.3, 0.4) is 0 Å². The number of unbranched alkanes of at least 4 members (excludes halogenated alkanes) is 1. The molecule has 260 valence electrons. The summed E-state index contributed by atoms with van der Waals surface area (Å²) < 4.78 is 12.6. The number of carboxylic acid groups (broad SMARTS) is 1. The normalized spacial score (nSPS) is 16.1. The molecule has 0 radical (unpaired) electrons. The molecule has 13 nitrogen and oxygen atoms in total. The van der Waals surface area contributed by atoms with Crippen LogP contribution in [0.4, 0.5) is 0 Å². The summed E-state index contributed by atoms with van der Waals surface area (Å²) in [4.78, 5) is 36.0. The first-order valence-corrected chi connectivity index (χ1v) is 17.6. The Morgan fingerprint density at radius 3 is 2.04 bits per heavy atom. The Morgan fingerprint density at radius 2 is 1.51 bits per heavy atom. The van der Waals surface area contributed by atoms with Gasteiger partial charge in [0, 0.05) is 24.2 Å². The Labute approximate surface area is 319 Å².